The maximum absolute atomic E-state index is 13.4. The molecule has 0 aliphatic rings. The van der Waals surface area contributed by atoms with Crippen LogP contribution in [-0.4, -0.2) is 11.8 Å². The third kappa shape index (κ3) is 5.45. The monoisotopic (exact) mass is 388 g/mol. The van der Waals surface area contributed by atoms with Crippen LogP contribution in [0.2, 0.25) is 5.02 Å². The molecule has 0 aromatic heterocycles. The van der Waals surface area contributed by atoms with Gasteiger partial charge in [-0.05, 0) is 24.3 Å². The zero-order chi connectivity index (χ0) is 19.3. The van der Waals surface area contributed by atoms with Gasteiger partial charge in [0.25, 0.3) is 0 Å². The predicted molar refractivity (Wildman–Crippen MR) is 87.9 cm³/mol. The van der Waals surface area contributed by atoms with Gasteiger partial charge in [0.1, 0.15) is 12.2 Å². The van der Waals surface area contributed by atoms with Gasteiger partial charge in [0.15, 0.2) is 0 Å². The van der Waals surface area contributed by atoms with Crippen molar-refractivity contribution in [3.05, 3.63) is 64.4 Å². The fourth-order valence-corrected chi connectivity index (χ4v) is 2.27. The molecule has 0 aliphatic carbocycles. The Balaban J connectivity index is 1.97. The highest BCUT2D eigenvalue weighted by molar-refractivity contribution is 6.30. The zero-order valence-electron chi connectivity index (χ0n) is 13.2. The summed E-state index contributed by atoms with van der Waals surface area (Å²) >= 11 is 5.55. The largest absolute Gasteiger partial charge is 0.418 e. The summed E-state index contributed by atoms with van der Waals surface area (Å²) in [5.74, 6) is -2.22. The van der Waals surface area contributed by atoms with Crippen LogP contribution in [0.1, 0.15) is 17.5 Å². The van der Waals surface area contributed by atoms with Crippen LogP contribution in [0.3, 0.4) is 0 Å². The van der Waals surface area contributed by atoms with Crippen LogP contribution in [0.4, 0.5) is 23.2 Å². The summed E-state index contributed by atoms with van der Waals surface area (Å²) in [6.45, 7) is -0.145. The molecular formula is C17H13ClF4N2O2. The minimum atomic E-state index is -4.72. The lowest BCUT2D eigenvalue weighted by Crippen LogP contribution is -2.28. The standard InChI is InChI=1S/C17H13ClF4N2O2/c18-11-5-6-14(12(7-11)17(20,21)22)24-16(26)8-15(25)23-9-10-3-1-2-4-13(10)19/h1-7H,8-9H2,(H,23,25)(H,24,26). The van der Waals surface area contributed by atoms with Gasteiger partial charge in [-0.2, -0.15) is 13.2 Å². The number of hydrogen-bond acceptors (Lipinski definition) is 2. The van der Waals surface area contributed by atoms with Crippen LogP contribution in [0.5, 0.6) is 0 Å². The van der Waals surface area contributed by atoms with Crippen LogP contribution in [0.15, 0.2) is 42.5 Å². The Morgan fingerprint density at radius 1 is 1.04 bits per heavy atom. The van der Waals surface area contributed by atoms with E-state index >= 15 is 0 Å². The second kappa shape index (κ2) is 8.18. The van der Waals surface area contributed by atoms with Crippen molar-refractivity contribution in [2.24, 2.45) is 0 Å². The summed E-state index contributed by atoms with van der Waals surface area (Å²) in [6, 6.07) is 8.60. The normalized spacial score (nSPS) is 11.1. The van der Waals surface area contributed by atoms with Gasteiger partial charge >= 0.3 is 6.18 Å². The topological polar surface area (TPSA) is 58.2 Å². The van der Waals surface area contributed by atoms with Gasteiger partial charge < -0.3 is 10.6 Å². The van der Waals surface area contributed by atoms with Crippen LogP contribution in [-0.2, 0) is 22.3 Å². The maximum atomic E-state index is 13.4. The van der Waals surface area contributed by atoms with Crippen molar-refractivity contribution in [2.45, 2.75) is 19.1 Å². The van der Waals surface area contributed by atoms with Crippen LogP contribution in [0, 0.1) is 5.82 Å². The number of benzene rings is 2. The first-order valence-electron chi connectivity index (χ1n) is 7.33. The van der Waals surface area contributed by atoms with Crippen molar-refractivity contribution in [2.75, 3.05) is 5.32 Å². The minimum Gasteiger partial charge on any atom is -0.351 e. The first kappa shape index (κ1) is 19.7. The maximum Gasteiger partial charge on any atom is 0.418 e. The van der Waals surface area contributed by atoms with E-state index in [1.54, 1.807) is 6.07 Å². The Morgan fingerprint density at radius 2 is 1.73 bits per heavy atom. The lowest BCUT2D eigenvalue weighted by Gasteiger charge is -2.14. The van der Waals surface area contributed by atoms with Crippen LogP contribution >= 0.6 is 11.6 Å². The number of alkyl halides is 3. The number of anilines is 1. The Labute approximate surface area is 151 Å². The SMILES string of the molecule is O=C(CC(=O)Nc1ccc(Cl)cc1C(F)(F)F)NCc1ccccc1F. The van der Waals surface area contributed by atoms with E-state index in [-0.39, 0.29) is 17.1 Å². The van der Waals surface area contributed by atoms with Crippen molar-refractivity contribution in [1.82, 2.24) is 5.32 Å². The summed E-state index contributed by atoms with van der Waals surface area (Å²) in [6.07, 6.45) is -5.44. The number of carbonyl (C=O) groups excluding carboxylic acids is 2. The Bertz CT molecular complexity index is 825. The number of nitrogens with one attached hydrogen (secondary N) is 2. The molecule has 0 atom stereocenters. The fourth-order valence-electron chi connectivity index (χ4n) is 2.10. The summed E-state index contributed by atoms with van der Waals surface area (Å²) in [4.78, 5) is 23.5. The van der Waals surface area contributed by atoms with Gasteiger partial charge in [-0.1, -0.05) is 29.8 Å². The summed E-state index contributed by atoms with van der Waals surface area (Å²) < 4.78 is 52.3. The Hall–Kier alpha value is -2.61. The number of hydrogen-bond donors (Lipinski definition) is 2. The van der Waals surface area contributed by atoms with Crippen molar-refractivity contribution < 1.29 is 27.2 Å². The lowest BCUT2D eigenvalue weighted by molar-refractivity contribution is -0.137. The second-order valence-electron chi connectivity index (χ2n) is 5.28. The van der Waals surface area contributed by atoms with Crippen molar-refractivity contribution in [3.63, 3.8) is 0 Å². The molecule has 9 heteroatoms. The highest BCUT2D eigenvalue weighted by Gasteiger charge is 2.34. The second-order valence-corrected chi connectivity index (χ2v) is 5.72. The molecule has 0 bridgehead atoms. The molecule has 0 saturated heterocycles. The lowest BCUT2D eigenvalue weighted by atomic mass is 10.1. The zero-order valence-corrected chi connectivity index (χ0v) is 13.9. The number of rotatable bonds is 5. The van der Waals surface area contributed by atoms with Gasteiger partial charge in [-0.15, -0.1) is 0 Å². The number of amides is 2. The predicted octanol–water partition coefficient (Wildman–Crippen LogP) is 4.14. The minimum absolute atomic E-state index is 0.141. The molecule has 0 saturated carbocycles. The van der Waals surface area contributed by atoms with Crippen LogP contribution in [0.25, 0.3) is 0 Å². The molecule has 2 N–H and O–H groups in total. The van der Waals surface area contributed by atoms with Gasteiger partial charge in [0.2, 0.25) is 11.8 Å². The van der Waals surface area contributed by atoms with E-state index in [0.717, 1.165) is 6.07 Å². The molecule has 2 rings (SSSR count). The van der Waals surface area contributed by atoms with E-state index in [1.165, 1.54) is 24.3 Å². The van der Waals surface area contributed by atoms with E-state index in [0.29, 0.717) is 6.07 Å². The molecule has 0 unspecified atom stereocenters. The van der Waals surface area contributed by atoms with Crippen molar-refractivity contribution >= 4 is 29.1 Å². The quantitative estimate of drug-likeness (QED) is 0.597. The van der Waals surface area contributed by atoms with E-state index in [4.69, 9.17) is 11.6 Å². The molecular weight excluding hydrogens is 376 g/mol. The molecule has 138 valence electrons. The van der Waals surface area contributed by atoms with E-state index < -0.39 is 41.5 Å². The van der Waals surface area contributed by atoms with Gasteiger partial charge in [0.05, 0.1) is 11.3 Å². The van der Waals surface area contributed by atoms with Gasteiger partial charge in [-0.3, -0.25) is 9.59 Å². The highest BCUT2D eigenvalue weighted by atomic mass is 35.5. The first-order chi connectivity index (χ1) is 12.2. The van der Waals surface area contributed by atoms with Crippen molar-refractivity contribution in [3.8, 4) is 0 Å². The van der Waals surface area contributed by atoms with E-state index in [2.05, 4.69) is 5.32 Å². The Kier molecular flexibility index (Phi) is 6.20. The number of halogens is 5. The molecule has 0 radical (unpaired) electrons. The summed E-state index contributed by atoms with van der Waals surface area (Å²) in [5.41, 5.74) is -1.41. The Morgan fingerprint density at radius 3 is 2.38 bits per heavy atom. The van der Waals surface area contributed by atoms with E-state index in [9.17, 15) is 27.2 Å². The average molecular weight is 389 g/mol. The summed E-state index contributed by atoms with van der Waals surface area (Å²) in [7, 11) is 0. The summed E-state index contributed by atoms with van der Waals surface area (Å²) in [5, 5.41) is 4.22. The molecule has 26 heavy (non-hydrogen) atoms. The molecule has 0 fully saturated rings. The smallest absolute Gasteiger partial charge is 0.351 e. The van der Waals surface area contributed by atoms with E-state index in [1.807, 2.05) is 5.32 Å². The molecule has 0 aliphatic heterocycles. The van der Waals surface area contributed by atoms with Gasteiger partial charge in [-0.25, -0.2) is 4.39 Å². The molecule has 2 aromatic rings. The average Bonchev–Trinajstić information content (AvgIpc) is 2.54. The third-order valence-electron chi connectivity index (χ3n) is 3.32. The van der Waals surface area contributed by atoms with Gasteiger partial charge in [0, 0.05) is 17.1 Å². The fraction of sp³-hybridized carbons (Fsp3) is 0.176. The molecule has 2 amide bonds. The third-order valence-corrected chi connectivity index (χ3v) is 3.55. The van der Waals surface area contributed by atoms with Crippen LogP contribution < -0.4 is 10.6 Å². The molecule has 0 spiro atoms. The first-order valence-corrected chi connectivity index (χ1v) is 7.71. The molecule has 0 heterocycles. The molecule has 4 nitrogen and oxygen atoms in total. The highest BCUT2D eigenvalue weighted by Crippen LogP contribution is 2.36. The van der Waals surface area contributed by atoms with Crippen molar-refractivity contribution in [1.29, 1.82) is 0 Å². The number of carbonyl (C=O) groups is 2. The molecule has 2 aromatic carbocycles.